The van der Waals surface area contributed by atoms with E-state index in [0.29, 0.717) is 18.6 Å². The number of benzene rings is 1. The zero-order valence-electron chi connectivity index (χ0n) is 10.9. The van der Waals surface area contributed by atoms with Gasteiger partial charge < -0.3 is 14.3 Å². The summed E-state index contributed by atoms with van der Waals surface area (Å²) in [5, 5.41) is 11.1. The van der Waals surface area contributed by atoms with Crippen LogP contribution in [0.1, 0.15) is 25.7 Å². The Labute approximate surface area is 110 Å². The minimum atomic E-state index is 0.329. The maximum absolute atomic E-state index is 5.59. The molecule has 2 aromatic heterocycles. The molecule has 0 unspecified atom stereocenters. The highest BCUT2D eigenvalue weighted by molar-refractivity contribution is 5.74. The van der Waals surface area contributed by atoms with E-state index < -0.39 is 0 Å². The van der Waals surface area contributed by atoms with E-state index in [1.165, 1.54) is 0 Å². The van der Waals surface area contributed by atoms with Gasteiger partial charge in [-0.1, -0.05) is 12.1 Å². The summed E-state index contributed by atoms with van der Waals surface area (Å²) >= 11 is 0. The first kappa shape index (κ1) is 11.7. The van der Waals surface area contributed by atoms with E-state index in [0.717, 1.165) is 16.9 Å². The van der Waals surface area contributed by atoms with Crippen molar-refractivity contribution in [3.8, 4) is 0 Å². The van der Waals surface area contributed by atoms with Gasteiger partial charge in [0.25, 0.3) is 6.01 Å². The van der Waals surface area contributed by atoms with Gasteiger partial charge >= 0.3 is 0 Å². The summed E-state index contributed by atoms with van der Waals surface area (Å²) in [5.41, 5.74) is 1.62. The summed E-state index contributed by atoms with van der Waals surface area (Å²) < 4.78 is 7.60. The lowest BCUT2D eigenvalue weighted by Gasteiger charge is -2.09. The van der Waals surface area contributed by atoms with Gasteiger partial charge in [-0.2, -0.15) is 4.98 Å². The van der Waals surface area contributed by atoms with Crippen molar-refractivity contribution in [3.05, 3.63) is 36.4 Å². The number of hydrogen-bond donors (Lipinski definition) is 1. The van der Waals surface area contributed by atoms with E-state index in [-0.39, 0.29) is 0 Å². The zero-order chi connectivity index (χ0) is 13.2. The van der Waals surface area contributed by atoms with E-state index in [1.54, 1.807) is 6.33 Å². The Morgan fingerprint density at radius 2 is 2.16 bits per heavy atom. The van der Waals surface area contributed by atoms with Gasteiger partial charge in [0, 0.05) is 6.04 Å². The molecule has 0 radical (unpaired) electrons. The van der Waals surface area contributed by atoms with Crippen LogP contribution in [0.2, 0.25) is 0 Å². The van der Waals surface area contributed by atoms with Crippen molar-refractivity contribution in [2.24, 2.45) is 0 Å². The van der Waals surface area contributed by atoms with Crippen LogP contribution in [-0.2, 0) is 6.54 Å². The summed E-state index contributed by atoms with van der Waals surface area (Å²) in [4.78, 5) is 4.35. The van der Waals surface area contributed by atoms with Gasteiger partial charge in [0.1, 0.15) is 11.8 Å². The second-order valence-electron chi connectivity index (χ2n) is 4.59. The van der Waals surface area contributed by atoms with E-state index in [4.69, 9.17) is 4.42 Å². The molecule has 0 aliphatic heterocycles. The van der Waals surface area contributed by atoms with Gasteiger partial charge in [-0.15, -0.1) is 10.2 Å². The number of para-hydroxylation sites is 2. The van der Waals surface area contributed by atoms with Crippen LogP contribution in [0, 0.1) is 0 Å². The third-order valence-electron chi connectivity index (χ3n) is 2.90. The molecule has 0 bridgehead atoms. The average molecular weight is 257 g/mol. The second-order valence-corrected chi connectivity index (χ2v) is 4.59. The minimum absolute atomic E-state index is 0.329. The number of nitrogens with one attached hydrogen (secondary N) is 1. The molecule has 0 amide bonds. The van der Waals surface area contributed by atoms with Crippen LogP contribution in [0.25, 0.3) is 11.1 Å². The topological polar surface area (TPSA) is 68.8 Å². The van der Waals surface area contributed by atoms with Crippen molar-refractivity contribution in [1.29, 1.82) is 0 Å². The van der Waals surface area contributed by atoms with E-state index in [9.17, 15) is 0 Å². The summed E-state index contributed by atoms with van der Waals surface area (Å²) in [7, 11) is 0. The molecule has 1 N–H and O–H groups in total. The van der Waals surface area contributed by atoms with Crippen LogP contribution in [0.3, 0.4) is 0 Å². The predicted molar refractivity (Wildman–Crippen MR) is 71.7 cm³/mol. The molecule has 0 spiro atoms. The largest absolute Gasteiger partial charge is 0.424 e. The van der Waals surface area contributed by atoms with Crippen LogP contribution >= 0.6 is 0 Å². The van der Waals surface area contributed by atoms with Crippen LogP contribution in [0.5, 0.6) is 0 Å². The average Bonchev–Trinajstić information content (AvgIpc) is 3.02. The van der Waals surface area contributed by atoms with Gasteiger partial charge in [-0.3, -0.25) is 0 Å². The Kier molecular flexibility index (Phi) is 2.91. The summed E-state index contributed by atoms with van der Waals surface area (Å²) in [6.07, 6.45) is 1.73. The molecule has 0 saturated carbocycles. The van der Waals surface area contributed by atoms with Crippen molar-refractivity contribution in [3.63, 3.8) is 0 Å². The first-order valence-electron chi connectivity index (χ1n) is 6.22. The fourth-order valence-electron chi connectivity index (χ4n) is 1.93. The molecule has 6 heteroatoms. The molecule has 0 fully saturated rings. The molecule has 3 rings (SSSR count). The van der Waals surface area contributed by atoms with E-state index in [1.807, 2.05) is 28.8 Å². The first-order chi connectivity index (χ1) is 9.24. The predicted octanol–water partition coefficient (Wildman–Crippen LogP) is 2.61. The molecule has 1 aromatic carbocycles. The van der Waals surface area contributed by atoms with Crippen molar-refractivity contribution in [1.82, 2.24) is 19.7 Å². The maximum atomic E-state index is 5.59. The normalized spacial score (nSPS) is 11.3. The smallest absolute Gasteiger partial charge is 0.296 e. The Hall–Kier alpha value is -2.37. The van der Waals surface area contributed by atoms with Crippen LogP contribution < -0.4 is 5.32 Å². The Morgan fingerprint density at radius 1 is 1.32 bits per heavy atom. The lowest BCUT2D eigenvalue weighted by molar-refractivity contribution is 0.565. The lowest BCUT2D eigenvalue weighted by atomic mass is 10.3. The van der Waals surface area contributed by atoms with E-state index >= 15 is 0 Å². The molecule has 0 saturated heterocycles. The maximum Gasteiger partial charge on any atom is 0.296 e. The molecule has 19 heavy (non-hydrogen) atoms. The highest BCUT2D eigenvalue weighted by Crippen LogP contribution is 2.18. The zero-order valence-corrected chi connectivity index (χ0v) is 10.9. The molecule has 6 nitrogen and oxygen atoms in total. The second kappa shape index (κ2) is 4.72. The fraction of sp³-hybridized carbons (Fsp3) is 0.308. The summed E-state index contributed by atoms with van der Waals surface area (Å²) in [6.45, 7) is 4.71. The highest BCUT2D eigenvalue weighted by atomic mass is 16.4. The minimum Gasteiger partial charge on any atom is -0.424 e. The Bertz CT molecular complexity index is 652. The molecule has 2 heterocycles. The molecular formula is C13H15N5O. The van der Waals surface area contributed by atoms with Crippen LogP contribution in [0.4, 0.5) is 6.01 Å². The summed E-state index contributed by atoms with van der Waals surface area (Å²) in [5.74, 6) is 0.859. The number of fused-ring (bicyclic) bond motifs is 1. The molecule has 0 atom stereocenters. The van der Waals surface area contributed by atoms with Crippen molar-refractivity contribution >= 4 is 17.1 Å². The quantitative estimate of drug-likeness (QED) is 0.778. The SMILES string of the molecule is CC(C)n1cnnc1CNc1nc2ccccc2o1. The lowest BCUT2D eigenvalue weighted by Crippen LogP contribution is -2.10. The highest BCUT2D eigenvalue weighted by Gasteiger charge is 2.09. The van der Waals surface area contributed by atoms with Crippen molar-refractivity contribution in [2.45, 2.75) is 26.4 Å². The number of anilines is 1. The number of hydrogen-bond acceptors (Lipinski definition) is 5. The Balaban J connectivity index is 1.76. The summed E-state index contributed by atoms with van der Waals surface area (Å²) in [6, 6.07) is 8.50. The standard InChI is InChI=1S/C13H15N5O/c1-9(2)18-8-15-17-12(18)7-14-13-16-10-5-3-4-6-11(10)19-13/h3-6,8-9H,7H2,1-2H3,(H,14,16). The third-order valence-corrected chi connectivity index (χ3v) is 2.90. The monoisotopic (exact) mass is 257 g/mol. The number of rotatable bonds is 4. The van der Waals surface area contributed by atoms with E-state index in [2.05, 4.69) is 34.3 Å². The van der Waals surface area contributed by atoms with Crippen LogP contribution in [0.15, 0.2) is 35.0 Å². The molecule has 3 aromatic rings. The van der Waals surface area contributed by atoms with Gasteiger partial charge in [-0.25, -0.2) is 0 Å². The third kappa shape index (κ3) is 2.29. The van der Waals surface area contributed by atoms with Gasteiger partial charge in [0.2, 0.25) is 0 Å². The fourth-order valence-corrected chi connectivity index (χ4v) is 1.93. The number of nitrogens with zero attached hydrogens (tertiary/aromatic N) is 4. The number of oxazole rings is 1. The van der Waals surface area contributed by atoms with Gasteiger partial charge in [-0.05, 0) is 26.0 Å². The van der Waals surface area contributed by atoms with Crippen LogP contribution in [-0.4, -0.2) is 19.7 Å². The Morgan fingerprint density at radius 3 is 2.95 bits per heavy atom. The van der Waals surface area contributed by atoms with Gasteiger partial charge in [0.05, 0.1) is 6.54 Å². The molecule has 0 aliphatic rings. The molecule has 98 valence electrons. The van der Waals surface area contributed by atoms with Gasteiger partial charge in [0.15, 0.2) is 11.4 Å². The number of aromatic nitrogens is 4. The molecule has 0 aliphatic carbocycles. The van der Waals surface area contributed by atoms with Crippen molar-refractivity contribution < 1.29 is 4.42 Å². The first-order valence-corrected chi connectivity index (χ1v) is 6.22. The molecular weight excluding hydrogens is 242 g/mol. The van der Waals surface area contributed by atoms with Crippen molar-refractivity contribution in [2.75, 3.05) is 5.32 Å².